The maximum absolute atomic E-state index is 12.5. The molecule has 0 aliphatic carbocycles. The van der Waals surface area contributed by atoms with Crippen molar-refractivity contribution in [1.29, 1.82) is 0 Å². The van der Waals surface area contributed by atoms with Gasteiger partial charge in [-0.3, -0.25) is 4.79 Å². The van der Waals surface area contributed by atoms with E-state index in [-0.39, 0.29) is 5.91 Å². The van der Waals surface area contributed by atoms with Crippen molar-refractivity contribution in [2.45, 2.75) is 33.6 Å². The fourth-order valence-electron chi connectivity index (χ4n) is 2.54. The number of anilines is 1. The lowest BCUT2D eigenvalue weighted by molar-refractivity contribution is -0.127. The summed E-state index contributed by atoms with van der Waals surface area (Å²) in [6, 6.07) is 3.73. The van der Waals surface area contributed by atoms with Gasteiger partial charge in [0.2, 0.25) is 5.91 Å². The van der Waals surface area contributed by atoms with Crippen LogP contribution in [0.15, 0.2) is 16.6 Å². The molecule has 1 aliphatic heterocycles. The summed E-state index contributed by atoms with van der Waals surface area (Å²) in [5.74, 6) is 1.03. The standard InChI is InChI=1S/C15H22BrN3O/c1-10-12(16)6-7-13(18-10)19-14(20)15(2,3)11-5-4-8-17-9-11/h6-7,11,17H,4-5,8-9H2,1-3H3,(H,18,19,20). The molecule has 1 fully saturated rings. The Bertz CT molecular complexity index is 496. The van der Waals surface area contributed by atoms with Crippen LogP contribution in [0, 0.1) is 18.3 Å². The summed E-state index contributed by atoms with van der Waals surface area (Å²) in [6.45, 7) is 7.92. The van der Waals surface area contributed by atoms with Crippen LogP contribution in [0.1, 0.15) is 32.4 Å². The zero-order valence-electron chi connectivity index (χ0n) is 12.3. The molecule has 2 rings (SSSR count). The van der Waals surface area contributed by atoms with Crippen LogP contribution in [-0.2, 0) is 4.79 Å². The molecule has 2 heterocycles. The lowest BCUT2D eigenvalue weighted by atomic mass is 9.74. The van der Waals surface area contributed by atoms with Gasteiger partial charge in [-0.1, -0.05) is 13.8 Å². The summed E-state index contributed by atoms with van der Waals surface area (Å²) in [5, 5.41) is 6.32. The Labute approximate surface area is 128 Å². The molecule has 1 amide bonds. The Kier molecular flexibility index (Phi) is 4.81. The fraction of sp³-hybridized carbons (Fsp3) is 0.600. The zero-order chi connectivity index (χ0) is 14.8. The molecule has 0 bridgehead atoms. The molecule has 20 heavy (non-hydrogen) atoms. The Morgan fingerprint density at radius 3 is 2.85 bits per heavy atom. The summed E-state index contributed by atoms with van der Waals surface area (Å²) < 4.78 is 0.950. The minimum Gasteiger partial charge on any atom is -0.316 e. The van der Waals surface area contributed by atoms with E-state index in [1.807, 2.05) is 32.9 Å². The number of nitrogens with one attached hydrogen (secondary N) is 2. The number of rotatable bonds is 3. The number of hydrogen-bond donors (Lipinski definition) is 2. The van der Waals surface area contributed by atoms with E-state index in [2.05, 4.69) is 31.5 Å². The normalized spacial score (nSPS) is 19.7. The number of amides is 1. The summed E-state index contributed by atoms with van der Waals surface area (Å²) >= 11 is 3.41. The van der Waals surface area contributed by atoms with Crippen LogP contribution in [-0.4, -0.2) is 24.0 Å². The smallest absolute Gasteiger partial charge is 0.231 e. The van der Waals surface area contributed by atoms with E-state index in [1.165, 1.54) is 0 Å². The maximum Gasteiger partial charge on any atom is 0.231 e. The van der Waals surface area contributed by atoms with Gasteiger partial charge >= 0.3 is 0 Å². The van der Waals surface area contributed by atoms with Crippen LogP contribution in [0.3, 0.4) is 0 Å². The third-order valence-electron chi connectivity index (χ3n) is 4.17. The first-order chi connectivity index (χ1) is 9.41. The average molecular weight is 340 g/mol. The average Bonchev–Trinajstić information content (AvgIpc) is 2.44. The van der Waals surface area contributed by atoms with E-state index in [1.54, 1.807) is 0 Å². The fourth-order valence-corrected chi connectivity index (χ4v) is 2.77. The third-order valence-corrected chi connectivity index (χ3v) is 5.00. The lowest BCUT2D eigenvalue weighted by Gasteiger charge is -2.35. The molecule has 1 aliphatic rings. The SMILES string of the molecule is Cc1nc(NC(=O)C(C)(C)C2CCCNC2)ccc1Br. The molecular formula is C15H22BrN3O. The Balaban J connectivity index is 2.07. The minimum atomic E-state index is -0.393. The Morgan fingerprint density at radius 1 is 1.50 bits per heavy atom. The van der Waals surface area contributed by atoms with Gasteiger partial charge in [0.25, 0.3) is 0 Å². The van der Waals surface area contributed by atoms with Crippen molar-refractivity contribution >= 4 is 27.7 Å². The molecule has 1 saturated heterocycles. The summed E-state index contributed by atoms with van der Waals surface area (Å²) in [5.41, 5.74) is 0.482. The number of pyridine rings is 1. The maximum atomic E-state index is 12.5. The molecule has 5 heteroatoms. The first-order valence-corrected chi connectivity index (χ1v) is 7.86. The van der Waals surface area contributed by atoms with E-state index >= 15 is 0 Å². The predicted octanol–water partition coefficient (Wildman–Crippen LogP) is 3.12. The number of carbonyl (C=O) groups excluding carboxylic acids is 1. The molecule has 1 aromatic rings. The van der Waals surface area contributed by atoms with Crippen molar-refractivity contribution in [1.82, 2.24) is 10.3 Å². The number of nitrogens with zero attached hydrogens (tertiary/aromatic N) is 1. The van der Waals surface area contributed by atoms with Crippen molar-refractivity contribution in [3.63, 3.8) is 0 Å². The highest BCUT2D eigenvalue weighted by Crippen LogP contribution is 2.33. The van der Waals surface area contributed by atoms with E-state index < -0.39 is 5.41 Å². The number of piperidine rings is 1. The second-order valence-corrected chi connectivity index (χ2v) is 6.84. The first-order valence-electron chi connectivity index (χ1n) is 7.06. The molecule has 0 saturated carbocycles. The van der Waals surface area contributed by atoms with Gasteiger partial charge in [0.1, 0.15) is 5.82 Å². The monoisotopic (exact) mass is 339 g/mol. The van der Waals surface area contributed by atoms with Crippen LogP contribution in [0.5, 0.6) is 0 Å². The quantitative estimate of drug-likeness (QED) is 0.889. The van der Waals surface area contributed by atoms with Crippen LogP contribution in [0.4, 0.5) is 5.82 Å². The molecule has 1 unspecified atom stereocenters. The van der Waals surface area contributed by atoms with Crippen molar-refractivity contribution in [2.75, 3.05) is 18.4 Å². The number of hydrogen-bond acceptors (Lipinski definition) is 3. The van der Waals surface area contributed by atoms with Gasteiger partial charge in [-0.2, -0.15) is 0 Å². The van der Waals surface area contributed by atoms with Gasteiger partial charge in [-0.25, -0.2) is 4.98 Å². The molecular weight excluding hydrogens is 318 g/mol. The summed E-state index contributed by atoms with van der Waals surface area (Å²) in [4.78, 5) is 16.9. The predicted molar refractivity (Wildman–Crippen MR) is 84.7 cm³/mol. The van der Waals surface area contributed by atoms with Gasteiger partial charge < -0.3 is 10.6 Å². The number of carbonyl (C=O) groups is 1. The Hall–Kier alpha value is -0.940. The van der Waals surface area contributed by atoms with Gasteiger partial charge in [-0.15, -0.1) is 0 Å². The van der Waals surface area contributed by atoms with Gasteiger partial charge in [0.15, 0.2) is 0 Å². The second kappa shape index (κ2) is 6.22. The topological polar surface area (TPSA) is 54.0 Å². The van der Waals surface area contributed by atoms with Crippen molar-refractivity contribution in [3.05, 3.63) is 22.3 Å². The molecule has 2 N–H and O–H groups in total. The van der Waals surface area contributed by atoms with E-state index in [4.69, 9.17) is 0 Å². The molecule has 0 aromatic carbocycles. The zero-order valence-corrected chi connectivity index (χ0v) is 13.9. The summed E-state index contributed by atoms with van der Waals surface area (Å²) in [7, 11) is 0. The number of halogens is 1. The van der Waals surface area contributed by atoms with E-state index in [9.17, 15) is 4.79 Å². The molecule has 110 valence electrons. The van der Waals surface area contributed by atoms with Crippen LogP contribution >= 0.6 is 15.9 Å². The molecule has 1 aromatic heterocycles. The van der Waals surface area contributed by atoms with Crippen molar-refractivity contribution < 1.29 is 4.79 Å². The number of aryl methyl sites for hydroxylation is 1. The second-order valence-electron chi connectivity index (χ2n) is 5.98. The van der Waals surface area contributed by atoms with Crippen LogP contribution < -0.4 is 10.6 Å². The highest BCUT2D eigenvalue weighted by molar-refractivity contribution is 9.10. The highest BCUT2D eigenvalue weighted by Gasteiger charge is 2.37. The molecule has 0 spiro atoms. The van der Waals surface area contributed by atoms with E-state index in [0.29, 0.717) is 11.7 Å². The van der Waals surface area contributed by atoms with Gasteiger partial charge in [0.05, 0.1) is 5.69 Å². The summed E-state index contributed by atoms with van der Waals surface area (Å²) in [6.07, 6.45) is 2.23. The third kappa shape index (κ3) is 3.38. The van der Waals surface area contributed by atoms with Crippen molar-refractivity contribution in [2.24, 2.45) is 11.3 Å². The first kappa shape index (κ1) is 15.4. The Morgan fingerprint density at radius 2 is 2.25 bits per heavy atom. The molecule has 1 atom stereocenters. The van der Waals surface area contributed by atoms with Crippen LogP contribution in [0.25, 0.3) is 0 Å². The molecule has 0 radical (unpaired) electrons. The minimum absolute atomic E-state index is 0.0421. The highest BCUT2D eigenvalue weighted by atomic mass is 79.9. The van der Waals surface area contributed by atoms with Gasteiger partial charge in [0, 0.05) is 9.89 Å². The van der Waals surface area contributed by atoms with E-state index in [0.717, 1.165) is 36.1 Å². The van der Waals surface area contributed by atoms with Crippen LogP contribution in [0.2, 0.25) is 0 Å². The largest absolute Gasteiger partial charge is 0.316 e. The molecule has 4 nitrogen and oxygen atoms in total. The number of aromatic nitrogens is 1. The van der Waals surface area contributed by atoms with Crippen molar-refractivity contribution in [3.8, 4) is 0 Å². The lowest BCUT2D eigenvalue weighted by Crippen LogP contribution is -2.44. The van der Waals surface area contributed by atoms with Gasteiger partial charge in [-0.05, 0) is 66.8 Å².